The molecule has 0 saturated heterocycles. The van der Waals surface area contributed by atoms with E-state index in [1.807, 2.05) is 6.92 Å². The van der Waals surface area contributed by atoms with E-state index in [-0.39, 0.29) is 23.2 Å². The van der Waals surface area contributed by atoms with Crippen molar-refractivity contribution in [2.75, 3.05) is 14.2 Å². The molecule has 1 aromatic carbocycles. The maximum absolute atomic E-state index is 12.5. The van der Waals surface area contributed by atoms with Crippen LogP contribution in [0.4, 0.5) is 0 Å². The van der Waals surface area contributed by atoms with Gasteiger partial charge in [-0.3, -0.25) is 4.79 Å². The van der Waals surface area contributed by atoms with E-state index in [2.05, 4.69) is 19.5 Å². The molecule has 0 heterocycles. The van der Waals surface area contributed by atoms with Crippen LogP contribution in [0.2, 0.25) is 0 Å². The molecule has 2 atom stereocenters. The van der Waals surface area contributed by atoms with Gasteiger partial charge in [0, 0.05) is 0 Å². The number of carbonyl (C=O) groups is 1. The summed E-state index contributed by atoms with van der Waals surface area (Å²) < 4.78 is 32.2. The molecule has 0 aromatic heterocycles. The zero-order valence-corrected chi connectivity index (χ0v) is 15.6. The zero-order chi connectivity index (χ0) is 18.9. The third-order valence-electron chi connectivity index (χ3n) is 3.47. The average Bonchev–Trinajstić information content (AvgIpc) is 2.58. The van der Waals surface area contributed by atoms with Crippen molar-refractivity contribution in [1.82, 2.24) is 4.72 Å². The van der Waals surface area contributed by atoms with Gasteiger partial charge >= 0.3 is 5.97 Å². The summed E-state index contributed by atoms with van der Waals surface area (Å²) in [5.41, 5.74) is 0.968. The molecule has 0 bridgehead atoms. The minimum absolute atomic E-state index is 0.111. The van der Waals surface area contributed by atoms with Crippen LogP contribution in [0, 0.1) is 12.8 Å². The standard InChI is InChI=1S/C17H24N2O5S/c1-13-8-10-15(11-9-13)25(21,22)19-16(12-18-24-4)14(2)6-5-7-17(20)23-3/h5-6,8-12,14,16,19H,7H2,1-4H3/b6-5+,18-12+/t14-,16-/m1/s1. The summed E-state index contributed by atoms with van der Waals surface area (Å²) in [4.78, 5) is 16.0. The van der Waals surface area contributed by atoms with E-state index in [9.17, 15) is 13.2 Å². The van der Waals surface area contributed by atoms with Gasteiger partial charge in [0.05, 0.1) is 30.7 Å². The van der Waals surface area contributed by atoms with Gasteiger partial charge in [-0.1, -0.05) is 41.9 Å². The summed E-state index contributed by atoms with van der Waals surface area (Å²) in [6.07, 6.45) is 4.84. The van der Waals surface area contributed by atoms with Crippen LogP contribution in [0.25, 0.3) is 0 Å². The second kappa shape index (κ2) is 9.95. The lowest BCUT2D eigenvalue weighted by Gasteiger charge is -2.19. The highest BCUT2D eigenvalue weighted by atomic mass is 32.2. The van der Waals surface area contributed by atoms with Gasteiger partial charge in [-0.15, -0.1) is 0 Å². The smallest absolute Gasteiger partial charge is 0.309 e. The number of carbonyl (C=O) groups excluding carboxylic acids is 1. The molecule has 138 valence electrons. The highest BCUT2D eigenvalue weighted by Gasteiger charge is 2.22. The Kier molecular flexibility index (Phi) is 8.30. The molecule has 0 unspecified atom stereocenters. The minimum Gasteiger partial charge on any atom is -0.469 e. The second-order valence-electron chi connectivity index (χ2n) is 5.46. The van der Waals surface area contributed by atoms with Crippen molar-refractivity contribution in [2.24, 2.45) is 11.1 Å². The second-order valence-corrected chi connectivity index (χ2v) is 7.18. The summed E-state index contributed by atoms with van der Waals surface area (Å²) in [6.45, 7) is 3.68. The van der Waals surface area contributed by atoms with Crippen LogP contribution in [0.5, 0.6) is 0 Å². The number of sulfonamides is 1. The third-order valence-corrected chi connectivity index (χ3v) is 4.94. The fraction of sp³-hybridized carbons (Fsp3) is 0.412. The van der Waals surface area contributed by atoms with Crippen LogP contribution in [0.3, 0.4) is 0 Å². The molecule has 25 heavy (non-hydrogen) atoms. The number of hydrogen-bond donors (Lipinski definition) is 1. The van der Waals surface area contributed by atoms with Gasteiger partial charge in [0.25, 0.3) is 0 Å². The van der Waals surface area contributed by atoms with Crippen molar-refractivity contribution >= 4 is 22.2 Å². The average molecular weight is 368 g/mol. The van der Waals surface area contributed by atoms with Crippen molar-refractivity contribution in [3.05, 3.63) is 42.0 Å². The Labute approximate surface area is 148 Å². The Morgan fingerprint density at radius 3 is 2.48 bits per heavy atom. The van der Waals surface area contributed by atoms with Crippen LogP contribution in [-0.4, -0.2) is 40.9 Å². The quantitative estimate of drug-likeness (QED) is 0.311. The number of hydrogen-bond acceptors (Lipinski definition) is 6. The maximum atomic E-state index is 12.5. The first kappa shape index (κ1) is 20.9. The molecule has 1 rings (SSSR count). The molecule has 0 aliphatic rings. The van der Waals surface area contributed by atoms with Crippen molar-refractivity contribution < 1.29 is 22.8 Å². The molecule has 0 saturated carbocycles. The van der Waals surface area contributed by atoms with Crippen molar-refractivity contribution in [2.45, 2.75) is 31.2 Å². The molecule has 0 fully saturated rings. The van der Waals surface area contributed by atoms with E-state index in [0.717, 1.165) is 5.56 Å². The van der Waals surface area contributed by atoms with Gasteiger partial charge in [-0.2, -0.15) is 0 Å². The first-order chi connectivity index (χ1) is 11.8. The summed E-state index contributed by atoms with van der Waals surface area (Å²) >= 11 is 0. The van der Waals surface area contributed by atoms with E-state index >= 15 is 0 Å². The summed E-state index contributed by atoms with van der Waals surface area (Å²) in [7, 11) is -1.04. The van der Waals surface area contributed by atoms with Gasteiger partial charge in [0.1, 0.15) is 7.11 Å². The SMILES string of the molecule is CO/N=C/[C@@H](NS(=O)(=O)c1ccc(C)cc1)[C@H](C)/C=C/CC(=O)OC. The predicted octanol–water partition coefficient (Wildman–Crippen LogP) is 2.03. The number of esters is 1. The highest BCUT2D eigenvalue weighted by Crippen LogP contribution is 2.13. The predicted molar refractivity (Wildman–Crippen MR) is 95.7 cm³/mol. The number of oxime groups is 1. The molecular weight excluding hydrogens is 344 g/mol. The van der Waals surface area contributed by atoms with Gasteiger partial charge in [-0.05, 0) is 25.0 Å². The van der Waals surface area contributed by atoms with Crippen molar-refractivity contribution in [3.63, 3.8) is 0 Å². The third kappa shape index (κ3) is 7.06. The lowest BCUT2D eigenvalue weighted by Crippen LogP contribution is -2.40. The maximum Gasteiger partial charge on any atom is 0.309 e. The van der Waals surface area contributed by atoms with E-state index in [0.29, 0.717) is 0 Å². The van der Waals surface area contributed by atoms with Crippen LogP contribution < -0.4 is 4.72 Å². The first-order valence-electron chi connectivity index (χ1n) is 7.69. The summed E-state index contributed by atoms with van der Waals surface area (Å²) in [5, 5.41) is 3.67. The molecule has 8 heteroatoms. The van der Waals surface area contributed by atoms with Crippen molar-refractivity contribution in [1.29, 1.82) is 0 Å². The molecule has 1 N–H and O–H groups in total. The van der Waals surface area contributed by atoms with Gasteiger partial charge in [0.2, 0.25) is 10.0 Å². The largest absolute Gasteiger partial charge is 0.469 e. The van der Waals surface area contributed by atoms with Crippen LogP contribution in [0.15, 0.2) is 46.5 Å². The zero-order valence-electron chi connectivity index (χ0n) is 14.8. The fourth-order valence-electron chi connectivity index (χ4n) is 1.95. The Balaban J connectivity index is 2.92. The Morgan fingerprint density at radius 2 is 1.92 bits per heavy atom. The molecule has 0 aliphatic carbocycles. The number of rotatable bonds is 9. The Hall–Kier alpha value is -2.19. The number of ether oxygens (including phenoxy) is 1. The fourth-order valence-corrected chi connectivity index (χ4v) is 3.21. The van der Waals surface area contributed by atoms with Crippen molar-refractivity contribution in [3.8, 4) is 0 Å². The monoisotopic (exact) mass is 368 g/mol. The van der Waals surface area contributed by atoms with Gasteiger partial charge in [0.15, 0.2) is 0 Å². The van der Waals surface area contributed by atoms with E-state index in [1.165, 1.54) is 20.4 Å². The van der Waals surface area contributed by atoms with E-state index in [4.69, 9.17) is 0 Å². The topological polar surface area (TPSA) is 94.1 Å². The number of methoxy groups -OCH3 is 1. The number of benzene rings is 1. The van der Waals surface area contributed by atoms with E-state index in [1.54, 1.807) is 43.3 Å². The highest BCUT2D eigenvalue weighted by molar-refractivity contribution is 7.89. The van der Waals surface area contributed by atoms with Crippen LogP contribution in [-0.2, 0) is 24.4 Å². The Bertz CT molecular complexity index is 711. The summed E-state index contributed by atoms with van der Waals surface area (Å²) in [5.74, 6) is -0.630. The molecule has 0 amide bonds. The number of nitrogens with one attached hydrogen (secondary N) is 1. The molecule has 0 aliphatic heterocycles. The summed E-state index contributed by atoms with van der Waals surface area (Å²) in [6, 6.07) is 5.90. The molecule has 1 aromatic rings. The number of aryl methyl sites for hydroxylation is 1. The number of nitrogens with zero attached hydrogens (tertiary/aromatic N) is 1. The van der Waals surface area contributed by atoms with Crippen LogP contribution >= 0.6 is 0 Å². The molecule has 0 spiro atoms. The lowest BCUT2D eigenvalue weighted by molar-refractivity contribution is -0.139. The lowest BCUT2D eigenvalue weighted by atomic mass is 10.0. The van der Waals surface area contributed by atoms with Gasteiger partial charge < -0.3 is 9.57 Å². The molecule has 7 nitrogen and oxygen atoms in total. The van der Waals surface area contributed by atoms with Crippen LogP contribution in [0.1, 0.15) is 18.9 Å². The Morgan fingerprint density at radius 1 is 1.28 bits per heavy atom. The molecular formula is C17H24N2O5S. The first-order valence-corrected chi connectivity index (χ1v) is 9.17. The van der Waals surface area contributed by atoms with E-state index < -0.39 is 16.1 Å². The minimum atomic E-state index is -3.72. The normalized spacial score (nSPS) is 14.6. The molecule has 0 radical (unpaired) electrons. The van der Waals surface area contributed by atoms with Gasteiger partial charge in [-0.25, -0.2) is 13.1 Å².